The van der Waals surface area contributed by atoms with Crippen LogP contribution in [0.3, 0.4) is 0 Å². The Kier molecular flexibility index (Phi) is 5.12. The average Bonchev–Trinajstić information content (AvgIpc) is 3.28. The second kappa shape index (κ2) is 7.69. The first kappa shape index (κ1) is 18.0. The van der Waals surface area contributed by atoms with Crippen molar-refractivity contribution >= 4 is 0 Å². The fourth-order valence-corrected chi connectivity index (χ4v) is 3.94. The first-order valence-corrected chi connectivity index (χ1v) is 9.92. The van der Waals surface area contributed by atoms with E-state index in [2.05, 4.69) is 52.7 Å². The van der Waals surface area contributed by atoms with E-state index in [0.717, 1.165) is 54.7 Å². The van der Waals surface area contributed by atoms with Gasteiger partial charge in [0.25, 0.3) is 0 Å². The predicted molar refractivity (Wildman–Crippen MR) is 106 cm³/mol. The van der Waals surface area contributed by atoms with Gasteiger partial charge in [0.05, 0.1) is 11.7 Å². The maximum atomic E-state index is 6.01. The third-order valence-corrected chi connectivity index (χ3v) is 5.62. The highest BCUT2D eigenvalue weighted by Crippen LogP contribution is 2.32. The van der Waals surface area contributed by atoms with E-state index in [1.165, 1.54) is 18.4 Å². The van der Waals surface area contributed by atoms with Crippen LogP contribution >= 0.6 is 0 Å². The Balaban J connectivity index is 1.56. The number of nitrogens with zero attached hydrogens (tertiary/aromatic N) is 4. The molecule has 27 heavy (non-hydrogen) atoms. The highest BCUT2D eigenvalue weighted by atomic mass is 16.4. The van der Waals surface area contributed by atoms with Gasteiger partial charge in [-0.2, -0.15) is 0 Å². The van der Waals surface area contributed by atoms with Gasteiger partial charge in [0.2, 0.25) is 5.89 Å². The number of imidazole rings is 1. The Morgan fingerprint density at radius 2 is 2.00 bits per heavy atom. The number of hydrogen-bond acceptors (Lipinski definition) is 4. The summed E-state index contributed by atoms with van der Waals surface area (Å²) >= 11 is 0. The Hall–Kier alpha value is -2.40. The molecule has 0 N–H and O–H groups in total. The van der Waals surface area contributed by atoms with Gasteiger partial charge in [-0.25, -0.2) is 9.97 Å². The highest BCUT2D eigenvalue weighted by Gasteiger charge is 2.28. The van der Waals surface area contributed by atoms with Gasteiger partial charge in [-0.1, -0.05) is 25.5 Å². The molecule has 5 heteroatoms. The van der Waals surface area contributed by atoms with Crippen molar-refractivity contribution in [2.45, 2.75) is 52.1 Å². The number of benzene rings is 1. The molecule has 1 aliphatic rings. The predicted octanol–water partition coefficient (Wildman–Crippen LogP) is 4.67. The van der Waals surface area contributed by atoms with Gasteiger partial charge in [0.1, 0.15) is 11.6 Å². The van der Waals surface area contributed by atoms with Gasteiger partial charge < -0.3 is 8.98 Å². The molecule has 1 aliphatic heterocycles. The molecule has 0 spiro atoms. The van der Waals surface area contributed by atoms with E-state index in [9.17, 15) is 0 Å². The normalized spacial score (nSPS) is 18.1. The SMILES string of the molecule is CCc1ccc(-c2nc(CN3CCCCC3c3nccn3C)c(C)o2)cc1. The lowest BCUT2D eigenvalue weighted by molar-refractivity contribution is 0.129. The van der Waals surface area contributed by atoms with Crippen LogP contribution in [0.4, 0.5) is 0 Å². The topological polar surface area (TPSA) is 47.1 Å². The summed E-state index contributed by atoms with van der Waals surface area (Å²) in [6.45, 7) is 6.06. The van der Waals surface area contributed by atoms with Crippen LogP contribution in [0.25, 0.3) is 11.5 Å². The molecule has 1 unspecified atom stereocenters. The molecule has 1 aromatic carbocycles. The van der Waals surface area contributed by atoms with E-state index in [0.29, 0.717) is 6.04 Å². The van der Waals surface area contributed by atoms with Gasteiger partial charge in [-0.05, 0) is 50.4 Å². The summed E-state index contributed by atoms with van der Waals surface area (Å²) in [6.07, 6.45) is 8.58. The molecule has 3 heterocycles. The molecule has 1 fully saturated rings. The zero-order valence-corrected chi connectivity index (χ0v) is 16.5. The molecular weight excluding hydrogens is 336 g/mol. The molecule has 0 amide bonds. The van der Waals surface area contributed by atoms with E-state index in [4.69, 9.17) is 9.40 Å². The lowest BCUT2D eigenvalue weighted by Crippen LogP contribution is -2.34. The van der Waals surface area contributed by atoms with Crippen LogP contribution in [-0.4, -0.2) is 26.0 Å². The van der Waals surface area contributed by atoms with Crippen LogP contribution in [0.5, 0.6) is 0 Å². The minimum Gasteiger partial charge on any atom is -0.441 e. The quantitative estimate of drug-likeness (QED) is 0.660. The molecule has 1 atom stereocenters. The van der Waals surface area contributed by atoms with Crippen molar-refractivity contribution in [1.82, 2.24) is 19.4 Å². The molecule has 0 saturated carbocycles. The monoisotopic (exact) mass is 364 g/mol. The molecule has 1 saturated heterocycles. The molecule has 0 aliphatic carbocycles. The number of oxazole rings is 1. The van der Waals surface area contributed by atoms with Crippen molar-refractivity contribution in [2.75, 3.05) is 6.54 Å². The number of rotatable bonds is 5. The van der Waals surface area contributed by atoms with Crippen molar-refractivity contribution in [3.63, 3.8) is 0 Å². The van der Waals surface area contributed by atoms with Crippen molar-refractivity contribution < 1.29 is 4.42 Å². The van der Waals surface area contributed by atoms with E-state index >= 15 is 0 Å². The smallest absolute Gasteiger partial charge is 0.226 e. The summed E-state index contributed by atoms with van der Waals surface area (Å²) in [5, 5.41) is 0. The number of hydrogen-bond donors (Lipinski definition) is 0. The first-order valence-electron chi connectivity index (χ1n) is 9.92. The molecule has 142 valence electrons. The van der Waals surface area contributed by atoms with Crippen LogP contribution in [0.1, 0.15) is 55.1 Å². The summed E-state index contributed by atoms with van der Waals surface area (Å²) in [5.41, 5.74) is 3.40. The molecule has 0 radical (unpaired) electrons. The Labute approximate surface area is 161 Å². The number of aryl methyl sites for hydroxylation is 3. The minimum absolute atomic E-state index is 0.349. The largest absolute Gasteiger partial charge is 0.441 e. The average molecular weight is 364 g/mol. The zero-order valence-electron chi connectivity index (χ0n) is 16.5. The third-order valence-electron chi connectivity index (χ3n) is 5.62. The van der Waals surface area contributed by atoms with Gasteiger partial charge in [0.15, 0.2) is 0 Å². The molecule has 5 nitrogen and oxygen atoms in total. The van der Waals surface area contributed by atoms with E-state index < -0.39 is 0 Å². The maximum absolute atomic E-state index is 6.01. The van der Waals surface area contributed by atoms with Gasteiger partial charge in [0, 0.05) is 31.5 Å². The third kappa shape index (κ3) is 3.69. The Morgan fingerprint density at radius 3 is 2.70 bits per heavy atom. The molecular formula is C22H28N4O. The second-order valence-corrected chi connectivity index (χ2v) is 7.45. The Morgan fingerprint density at radius 1 is 1.19 bits per heavy atom. The second-order valence-electron chi connectivity index (χ2n) is 7.45. The number of aromatic nitrogens is 3. The molecule has 4 rings (SSSR count). The standard InChI is InChI=1S/C22H28N4O/c1-4-17-8-10-18(11-9-17)22-24-19(16(2)27-22)15-26-13-6-5-7-20(26)21-23-12-14-25(21)3/h8-12,14,20H,4-7,13,15H2,1-3H3. The van der Waals surface area contributed by atoms with Crippen LogP contribution < -0.4 is 0 Å². The van der Waals surface area contributed by atoms with E-state index in [1.807, 2.05) is 19.3 Å². The van der Waals surface area contributed by atoms with E-state index in [1.54, 1.807) is 0 Å². The first-order chi connectivity index (χ1) is 13.2. The summed E-state index contributed by atoms with van der Waals surface area (Å²) in [7, 11) is 2.08. The summed E-state index contributed by atoms with van der Waals surface area (Å²) in [4.78, 5) is 11.9. The van der Waals surface area contributed by atoms with Crippen LogP contribution in [0.15, 0.2) is 41.1 Å². The van der Waals surface area contributed by atoms with Crippen molar-refractivity contribution in [1.29, 1.82) is 0 Å². The number of piperidine rings is 1. The molecule has 2 aromatic heterocycles. The van der Waals surface area contributed by atoms with E-state index in [-0.39, 0.29) is 0 Å². The summed E-state index contributed by atoms with van der Waals surface area (Å²) < 4.78 is 8.15. The zero-order chi connectivity index (χ0) is 18.8. The lowest BCUT2D eigenvalue weighted by atomic mass is 10.0. The van der Waals surface area contributed by atoms with Crippen molar-refractivity contribution in [2.24, 2.45) is 7.05 Å². The Bertz CT molecular complexity index is 893. The van der Waals surface area contributed by atoms with Crippen molar-refractivity contribution in [3.05, 3.63) is 59.5 Å². The summed E-state index contributed by atoms with van der Waals surface area (Å²) in [6, 6.07) is 8.85. The number of likely N-dealkylation sites (tertiary alicyclic amines) is 1. The maximum Gasteiger partial charge on any atom is 0.226 e. The van der Waals surface area contributed by atoms with Gasteiger partial charge in [-0.15, -0.1) is 0 Å². The van der Waals surface area contributed by atoms with Gasteiger partial charge in [-0.3, -0.25) is 4.90 Å². The fraction of sp³-hybridized carbons (Fsp3) is 0.455. The summed E-state index contributed by atoms with van der Waals surface area (Å²) in [5.74, 6) is 2.77. The minimum atomic E-state index is 0.349. The van der Waals surface area contributed by atoms with Crippen LogP contribution in [0.2, 0.25) is 0 Å². The molecule has 0 bridgehead atoms. The fourth-order valence-electron chi connectivity index (χ4n) is 3.94. The van der Waals surface area contributed by atoms with Crippen molar-refractivity contribution in [3.8, 4) is 11.5 Å². The van der Waals surface area contributed by atoms with Crippen LogP contribution in [0, 0.1) is 6.92 Å². The highest BCUT2D eigenvalue weighted by molar-refractivity contribution is 5.54. The lowest BCUT2D eigenvalue weighted by Gasteiger charge is -2.34. The van der Waals surface area contributed by atoms with Gasteiger partial charge >= 0.3 is 0 Å². The van der Waals surface area contributed by atoms with Crippen LogP contribution in [-0.2, 0) is 20.0 Å². The molecule has 3 aromatic rings.